The van der Waals surface area contributed by atoms with Crippen LogP contribution in [0.2, 0.25) is 0 Å². The summed E-state index contributed by atoms with van der Waals surface area (Å²) >= 11 is 0. The van der Waals surface area contributed by atoms with Crippen molar-refractivity contribution in [1.82, 2.24) is 19.9 Å². The number of carbonyl (C=O) groups is 1. The molecule has 162 valence electrons. The SMILES string of the molecule is CN1CCC(Oc2cccc(C(=O)Nc3cc4cc(-c5cnco5)cnc4cn3)c2)CC1. The van der Waals surface area contributed by atoms with E-state index in [9.17, 15) is 4.79 Å². The van der Waals surface area contributed by atoms with Crippen molar-refractivity contribution in [3.63, 3.8) is 0 Å². The van der Waals surface area contributed by atoms with Crippen molar-refractivity contribution in [2.45, 2.75) is 18.9 Å². The highest BCUT2D eigenvalue weighted by molar-refractivity contribution is 6.04. The normalized spacial score (nSPS) is 15.0. The molecule has 0 aliphatic carbocycles. The summed E-state index contributed by atoms with van der Waals surface area (Å²) in [6.45, 7) is 2.04. The van der Waals surface area contributed by atoms with Crippen LogP contribution in [-0.2, 0) is 0 Å². The number of fused-ring (bicyclic) bond motifs is 1. The van der Waals surface area contributed by atoms with Gasteiger partial charge in [-0.3, -0.25) is 9.78 Å². The Morgan fingerprint density at radius 2 is 2.00 bits per heavy atom. The smallest absolute Gasteiger partial charge is 0.256 e. The van der Waals surface area contributed by atoms with Gasteiger partial charge in [-0.1, -0.05) is 6.07 Å². The molecule has 0 bridgehead atoms. The molecule has 4 aromatic rings. The van der Waals surface area contributed by atoms with Crippen molar-refractivity contribution in [3.05, 3.63) is 66.9 Å². The summed E-state index contributed by atoms with van der Waals surface area (Å²) in [5.41, 5.74) is 2.04. The van der Waals surface area contributed by atoms with Crippen molar-refractivity contribution in [2.75, 3.05) is 25.5 Å². The van der Waals surface area contributed by atoms with E-state index in [4.69, 9.17) is 9.15 Å². The molecule has 5 rings (SSSR count). The van der Waals surface area contributed by atoms with Crippen LogP contribution in [0.25, 0.3) is 22.2 Å². The van der Waals surface area contributed by atoms with Crippen molar-refractivity contribution >= 4 is 22.6 Å². The van der Waals surface area contributed by atoms with Gasteiger partial charge in [-0.25, -0.2) is 9.97 Å². The van der Waals surface area contributed by atoms with Crippen LogP contribution in [0.15, 0.2) is 65.8 Å². The Balaban J connectivity index is 1.31. The monoisotopic (exact) mass is 429 g/mol. The van der Waals surface area contributed by atoms with Crippen LogP contribution < -0.4 is 10.1 Å². The fourth-order valence-electron chi connectivity index (χ4n) is 3.79. The molecule has 4 heterocycles. The molecule has 8 heteroatoms. The van der Waals surface area contributed by atoms with E-state index in [0.29, 0.717) is 22.9 Å². The zero-order chi connectivity index (χ0) is 21.9. The van der Waals surface area contributed by atoms with Crippen LogP contribution in [-0.4, -0.2) is 52.0 Å². The van der Waals surface area contributed by atoms with Crippen LogP contribution in [0.3, 0.4) is 0 Å². The van der Waals surface area contributed by atoms with E-state index in [1.165, 1.54) is 6.39 Å². The fourth-order valence-corrected chi connectivity index (χ4v) is 3.79. The first-order valence-electron chi connectivity index (χ1n) is 10.6. The average Bonchev–Trinajstić information content (AvgIpc) is 3.35. The Labute approximate surface area is 185 Å². The summed E-state index contributed by atoms with van der Waals surface area (Å²) in [5, 5.41) is 3.70. The number of rotatable bonds is 5. The van der Waals surface area contributed by atoms with Gasteiger partial charge in [0.1, 0.15) is 17.7 Å². The van der Waals surface area contributed by atoms with Crippen molar-refractivity contribution in [1.29, 1.82) is 0 Å². The van der Waals surface area contributed by atoms with Crippen LogP contribution >= 0.6 is 0 Å². The summed E-state index contributed by atoms with van der Waals surface area (Å²) < 4.78 is 11.4. The minimum atomic E-state index is -0.245. The van der Waals surface area contributed by atoms with Gasteiger partial charge in [0.2, 0.25) is 0 Å². The number of benzene rings is 1. The Hall–Kier alpha value is -3.78. The van der Waals surface area contributed by atoms with Crippen LogP contribution in [0.5, 0.6) is 5.75 Å². The standard InChI is InChI=1S/C24H23N5O3/c1-29-7-5-19(6-8-29)32-20-4-2-3-16(10-20)24(30)28-23-11-17-9-18(22-14-25-15-31-22)12-26-21(17)13-27-23/h2-4,9-15,19H,5-8H2,1H3,(H,27,28,30). The molecule has 0 unspecified atom stereocenters. The molecular weight excluding hydrogens is 406 g/mol. The molecule has 1 aliphatic heterocycles. The Morgan fingerprint density at radius 1 is 1.12 bits per heavy atom. The molecule has 0 radical (unpaired) electrons. The summed E-state index contributed by atoms with van der Waals surface area (Å²) in [6, 6.07) is 11.0. The van der Waals surface area contributed by atoms with E-state index in [0.717, 1.165) is 42.4 Å². The topological polar surface area (TPSA) is 93.4 Å². The molecule has 32 heavy (non-hydrogen) atoms. The van der Waals surface area contributed by atoms with E-state index in [2.05, 4.69) is 32.2 Å². The van der Waals surface area contributed by atoms with E-state index < -0.39 is 0 Å². The van der Waals surface area contributed by atoms with Crippen molar-refractivity contribution in [3.8, 4) is 17.1 Å². The second-order valence-corrected chi connectivity index (χ2v) is 7.95. The highest BCUT2D eigenvalue weighted by Crippen LogP contribution is 2.24. The summed E-state index contributed by atoms with van der Waals surface area (Å²) in [4.78, 5) is 27.8. The average molecular weight is 429 g/mol. The number of hydrogen-bond acceptors (Lipinski definition) is 7. The van der Waals surface area contributed by atoms with Gasteiger partial charge >= 0.3 is 0 Å². The number of anilines is 1. The third kappa shape index (κ3) is 4.45. The van der Waals surface area contributed by atoms with E-state index >= 15 is 0 Å². The number of aromatic nitrogens is 3. The first-order valence-corrected chi connectivity index (χ1v) is 10.6. The third-order valence-corrected chi connectivity index (χ3v) is 5.59. The number of carbonyl (C=O) groups excluding carboxylic acids is 1. The van der Waals surface area contributed by atoms with E-state index in [1.54, 1.807) is 36.8 Å². The van der Waals surface area contributed by atoms with Crippen LogP contribution in [0.1, 0.15) is 23.2 Å². The Bertz CT molecular complexity index is 1230. The molecule has 0 atom stereocenters. The van der Waals surface area contributed by atoms with E-state index in [1.807, 2.05) is 18.2 Å². The summed E-state index contributed by atoms with van der Waals surface area (Å²) in [6.07, 6.45) is 8.50. The van der Waals surface area contributed by atoms with Gasteiger partial charge in [-0.15, -0.1) is 0 Å². The quantitative estimate of drug-likeness (QED) is 0.512. The highest BCUT2D eigenvalue weighted by atomic mass is 16.5. The predicted octanol–water partition coefficient (Wildman–Crippen LogP) is 4.01. The number of nitrogens with zero attached hydrogens (tertiary/aromatic N) is 4. The van der Waals surface area contributed by atoms with Gasteiger partial charge in [-0.05, 0) is 50.2 Å². The maximum Gasteiger partial charge on any atom is 0.256 e. The van der Waals surface area contributed by atoms with Gasteiger partial charge in [0, 0.05) is 35.8 Å². The minimum Gasteiger partial charge on any atom is -0.490 e. The molecule has 8 nitrogen and oxygen atoms in total. The zero-order valence-corrected chi connectivity index (χ0v) is 17.7. The zero-order valence-electron chi connectivity index (χ0n) is 17.7. The summed E-state index contributed by atoms with van der Waals surface area (Å²) in [7, 11) is 2.12. The van der Waals surface area contributed by atoms with Gasteiger partial charge in [0.25, 0.3) is 5.91 Å². The predicted molar refractivity (Wildman–Crippen MR) is 121 cm³/mol. The van der Waals surface area contributed by atoms with Crippen molar-refractivity contribution < 1.29 is 13.9 Å². The molecule has 0 saturated carbocycles. The number of oxazole rings is 1. The first kappa shape index (κ1) is 20.1. The largest absolute Gasteiger partial charge is 0.490 e. The molecule has 1 N–H and O–H groups in total. The number of likely N-dealkylation sites (tertiary alicyclic amines) is 1. The lowest BCUT2D eigenvalue weighted by Gasteiger charge is -2.29. The minimum absolute atomic E-state index is 0.178. The van der Waals surface area contributed by atoms with Gasteiger partial charge in [0.05, 0.1) is 17.9 Å². The molecule has 1 saturated heterocycles. The number of ether oxygens (including phenoxy) is 1. The number of nitrogens with one attached hydrogen (secondary N) is 1. The van der Waals surface area contributed by atoms with Gasteiger partial charge < -0.3 is 19.4 Å². The Morgan fingerprint density at radius 3 is 2.81 bits per heavy atom. The fraction of sp³-hybridized carbons (Fsp3) is 0.250. The molecule has 1 aliphatic rings. The van der Waals surface area contributed by atoms with Crippen molar-refractivity contribution in [2.24, 2.45) is 0 Å². The van der Waals surface area contributed by atoms with Crippen LogP contribution in [0.4, 0.5) is 5.82 Å². The highest BCUT2D eigenvalue weighted by Gasteiger charge is 2.18. The first-order chi connectivity index (χ1) is 15.6. The number of pyridine rings is 2. The van der Waals surface area contributed by atoms with E-state index in [-0.39, 0.29) is 12.0 Å². The van der Waals surface area contributed by atoms with Crippen LogP contribution in [0, 0.1) is 0 Å². The Kier molecular flexibility index (Phi) is 5.51. The number of amides is 1. The molecule has 0 spiro atoms. The third-order valence-electron chi connectivity index (χ3n) is 5.59. The lowest BCUT2D eigenvalue weighted by molar-refractivity contribution is 0.102. The van der Waals surface area contributed by atoms with Gasteiger partial charge in [0.15, 0.2) is 12.2 Å². The molecular formula is C24H23N5O3. The maximum absolute atomic E-state index is 12.8. The second kappa shape index (κ2) is 8.76. The lowest BCUT2D eigenvalue weighted by Crippen LogP contribution is -2.35. The molecule has 1 amide bonds. The molecule has 3 aromatic heterocycles. The number of piperidine rings is 1. The van der Waals surface area contributed by atoms with Gasteiger partial charge in [-0.2, -0.15) is 0 Å². The summed E-state index contributed by atoms with van der Waals surface area (Å²) in [5.74, 6) is 1.54. The molecule has 1 fully saturated rings. The second-order valence-electron chi connectivity index (χ2n) is 7.95. The molecule has 1 aromatic carbocycles. The number of hydrogen-bond donors (Lipinski definition) is 1. The lowest BCUT2D eigenvalue weighted by atomic mass is 10.1. The maximum atomic E-state index is 12.8.